The SMILES string of the molecule is Cc1cc(Cn2c3c(c4cccnc42)CCN(C(=O)CCCC(C)(C)C(=O)O)C3)ccc1F. The molecule has 0 saturated heterocycles. The first-order valence-electron chi connectivity index (χ1n) is 11.4. The third-order valence-corrected chi connectivity index (χ3v) is 6.70. The van der Waals surface area contributed by atoms with E-state index in [0.29, 0.717) is 44.5 Å². The van der Waals surface area contributed by atoms with Gasteiger partial charge in [-0.1, -0.05) is 12.1 Å². The van der Waals surface area contributed by atoms with E-state index in [2.05, 4.69) is 15.6 Å². The van der Waals surface area contributed by atoms with E-state index < -0.39 is 11.4 Å². The molecule has 0 fully saturated rings. The van der Waals surface area contributed by atoms with Crippen molar-refractivity contribution in [1.82, 2.24) is 14.5 Å². The molecule has 1 aromatic carbocycles. The van der Waals surface area contributed by atoms with Crippen molar-refractivity contribution in [3.63, 3.8) is 0 Å². The lowest BCUT2D eigenvalue weighted by Gasteiger charge is -2.29. The minimum Gasteiger partial charge on any atom is -0.481 e. The Bertz CT molecular complexity index is 1210. The van der Waals surface area contributed by atoms with Gasteiger partial charge >= 0.3 is 5.97 Å². The number of nitrogens with zero attached hydrogens (tertiary/aromatic N) is 3. The number of carbonyl (C=O) groups excluding carboxylic acids is 1. The van der Waals surface area contributed by atoms with Crippen LogP contribution in [0.3, 0.4) is 0 Å². The Morgan fingerprint density at radius 1 is 1.24 bits per heavy atom. The van der Waals surface area contributed by atoms with E-state index in [4.69, 9.17) is 0 Å². The van der Waals surface area contributed by atoms with Crippen molar-refractivity contribution in [3.05, 3.63) is 64.7 Å². The molecule has 3 heterocycles. The quantitative estimate of drug-likeness (QED) is 0.565. The number of benzene rings is 1. The zero-order valence-electron chi connectivity index (χ0n) is 19.4. The Kier molecular flexibility index (Phi) is 6.23. The third-order valence-electron chi connectivity index (χ3n) is 6.70. The maximum Gasteiger partial charge on any atom is 0.309 e. The Hall–Kier alpha value is -3.22. The second kappa shape index (κ2) is 8.96. The molecule has 4 rings (SSSR count). The number of carboxylic acid groups (broad SMARTS) is 1. The van der Waals surface area contributed by atoms with Crippen molar-refractivity contribution in [2.75, 3.05) is 6.54 Å². The van der Waals surface area contributed by atoms with Crippen LogP contribution in [0.2, 0.25) is 0 Å². The topological polar surface area (TPSA) is 75.4 Å². The van der Waals surface area contributed by atoms with Gasteiger partial charge in [-0.2, -0.15) is 0 Å². The summed E-state index contributed by atoms with van der Waals surface area (Å²) in [7, 11) is 0. The molecule has 0 atom stereocenters. The average molecular weight is 452 g/mol. The number of amides is 1. The lowest BCUT2D eigenvalue weighted by atomic mass is 9.87. The summed E-state index contributed by atoms with van der Waals surface area (Å²) in [5.41, 5.74) is 3.91. The number of carboxylic acids is 1. The summed E-state index contributed by atoms with van der Waals surface area (Å²) in [5, 5.41) is 10.4. The second-order valence-corrected chi connectivity index (χ2v) is 9.58. The summed E-state index contributed by atoms with van der Waals surface area (Å²) in [6, 6.07) is 9.13. The van der Waals surface area contributed by atoms with Crippen molar-refractivity contribution < 1.29 is 19.1 Å². The summed E-state index contributed by atoms with van der Waals surface area (Å²) in [5.74, 6) is -1.02. The number of aromatic nitrogens is 2. The average Bonchev–Trinajstić information content (AvgIpc) is 3.09. The summed E-state index contributed by atoms with van der Waals surface area (Å²) in [6.45, 7) is 6.82. The smallest absolute Gasteiger partial charge is 0.309 e. The molecule has 0 radical (unpaired) electrons. The van der Waals surface area contributed by atoms with Crippen LogP contribution in [0, 0.1) is 18.2 Å². The molecule has 0 unspecified atom stereocenters. The molecule has 33 heavy (non-hydrogen) atoms. The molecule has 2 aromatic heterocycles. The van der Waals surface area contributed by atoms with Gasteiger partial charge in [0.2, 0.25) is 5.91 Å². The first-order valence-corrected chi connectivity index (χ1v) is 11.4. The fraction of sp³-hybridized carbons (Fsp3) is 0.423. The van der Waals surface area contributed by atoms with Gasteiger partial charge in [0.1, 0.15) is 11.5 Å². The maximum absolute atomic E-state index is 13.8. The molecule has 6 nitrogen and oxygen atoms in total. The van der Waals surface area contributed by atoms with Crippen molar-refractivity contribution in [1.29, 1.82) is 0 Å². The van der Waals surface area contributed by atoms with Crippen molar-refractivity contribution in [2.24, 2.45) is 5.41 Å². The van der Waals surface area contributed by atoms with Gasteiger partial charge < -0.3 is 14.6 Å². The summed E-state index contributed by atoms with van der Waals surface area (Å²) >= 11 is 0. The number of aliphatic carboxylic acids is 1. The van der Waals surface area contributed by atoms with Crippen LogP contribution in [-0.2, 0) is 29.1 Å². The fourth-order valence-corrected chi connectivity index (χ4v) is 4.58. The van der Waals surface area contributed by atoms with Crippen LogP contribution < -0.4 is 0 Å². The Morgan fingerprint density at radius 3 is 2.76 bits per heavy atom. The molecular weight excluding hydrogens is 421 g/mol. The van der Waals surface area contributed by atoms with E-state index in [1.807, 2.05) is 17.0 Å². The Morgan fingerprint density at radius 2 is 2.03 bits per heavy atom. The lowest BCUT2D eigenvalue weighted by Crippen LogP contribution is -2.36. The van der Waals surface area contributed by atoms with E-state index in [-0.39, 0.29) is 11.7 Å². The van der Waals surface area contributed by atoms with E-state index in [1.54, 1.807) is 33.0 Å². The molecule has 1 amide bonds. The molecular formula is C26H30FN3O3. The van der Waals surface area contributed by atoms with Crippen molar-refractivity contribution in [2.45, 2.75) is 59.5 Å². The van der Waals surface area contributed by atoms with Gasteiger partial charge in [-0.15, -0.1) is 0 Å². The molecule has 1 N–H and O–H groups in total. The van der Waals surface area contributed by atoms with Crippen LogP contribution in [0.25, 0.3) is 11.0 Å². The first kappa shape index (κ1) is 23.0. The highest BCUT2D eigenvalue weighted by atomic mass is 19.1. The van der Waals surface area contributed by atoms with E-state index in [9.17, 15) is 19.1 Å². The predicted molar refractivity (Wildman–Crippen MR) is 124 cm³/mol. The van der Waals surface area contributed by atoms with E-state index >= 15 is 0 Å². The van der Waals surface area contributed by atoms with Crippen LogP contribution in [0.4, 0.5) is 4.39 Å². The monoisotopic (exact) mass is 451 g/mol. The van der Waals surface area contributed by atoms with Gasteiger partial charge in [0.05, 0.1) is 12.0 Å². The molecule has 174 valence electrons. The van der Waals surface area contributed by atoms with Gasteiger partial charge in [0.15, 0.2) is 0 Å². The second-order valence-electron chi connectivity index (χ2n) is 9.58. The fourth-order valence-electron chi connectivity index (χ4n) is 4.58. The molecule has 1 aliphatic heterocycles. The number of rotatable bonds is 7. The minimum atomic E-state index is -0.842. The van der Waals surface area contributed by atoms with Crippen molar-refractivity contribution >= 4 is 22.9 Å². The standard InChI is InChI=1S/C26H30FN3O3/c1-17-14-18(8-9-21(17)27)15-30-22-16-29(23(31)7-4-11-26(2,3)25(32)33)13-10-19(22)20-6-5-12-28-24(20)30/h5-6,8-9,12,14H,4,7,10-11,13,15-16H2,1-3H3,(H,32,33). The number of hydrogen-bond donors (Lipinski definition) is 1. The highest BCUT2D eigenvalue weighted by Gasteiger charge is 2.29. The zero-order valence-corrected chi connectivity index (χ0v) is 19.4. The van der Waals surface area contributed by atoms with Crippen LogP contribution in [0.1, 0.15) is 55.5 Å². The Balaban J connectivity index is 1.56. The normalized spacial score (nSPS) is 13.9. The highest BCUT2D eigenvalue weighted by molar-refractivity contribution is 5.84. The predicted octanol–water partition coefficient (Wildman–Crippen LogP) is 4.70. The number of aryl methyl sites for hydroxylation is 1. The number of pyridine rings is 1. The molecule has 0 saturated carbocycles. The number of carbonyl (C=O) groups is 2. The molecule has 0 bridgehead atoms. The molecule has 0 spiro atoms. The molecule has 7 heteroatoms. The van der Waals surface area contributed by atoms with Gasteiger partial charge in [-0.3, -0.25) is 9.59 Å². The van der Waals surface area contributed by atoms with Gasteiger partial charge in [-0.05, 0) is 74.9 Å². The number of fused-ring (bicyclic) bond motifs is 3. The summed E-state index contributed by atoms with van der Waals surface area (Å²) in [4.78, 5) is 30.7. The number of halogens is 1. The van der Waals surface area contributed by atoms with Crippen LogP contribution in [0.5, 0.6) is 0 Å². The first-order chi connectivity index (χ1) is 15.7. The third kappa shape index (κ3) is 4.63. The van der Waals surface area contributed by atoms with Gasteiger partial charge in [0.25, 0.3) is 0 Å². The molecule has 1 aliphatic rings. The van der Waals surface area contributed by atoms with Gasteiger partial charge in [0, 0.05) is 36.8 Å². The number of hydrogen-bond acceptors (Lipinski definition) is 3. The molecule has 3 aromatic rings. The van der Waals surface area contributed by atoms with Crippen LogP contribution >= 0.6 is 0 Å². The Labute approximate surface area is 193 Å². The maximum atomic E-state index is 13.8. The summed E-state index contributed by atoms with van der Waals surface area (Å²) in [6.07, 6.45) is 3.86. The van der Waals surface area contributed by atoms with Crippen LogP contribution in [0.15, 0.2) is 36.5 Å². The highest BCUT2D eigenvalue weighted by Crippen LogP contribution is 2.31. The molecule has 0 aliphatic carbocycles. The van der Waals surface area contributed by atoms with Crippen molar-refractivity contribution in [3.8, 4) is 0 Å². The van der Waals surface area contributed by atoms with E-state index in [1.165, 1.54) is 11.6 Å². The zero-order chi connectivity index (χ0) is 23.8. The van der Waals surface area contributed by atoms with Crippen LogP contribution in [-0.4, -0.2) is 38.0 Å². The lowest BCUT2D eigenvalue weighted by molar-refractivity contribution is -0.147. The largest absolute Gasteiger partial charge is 0.481 e. The van der Waals surface area contributed by atoms with E-state index in [0.717, 1.165) is 28.7 Å². The summed E-state index contributed by atoms with van der Waals surface area (Å²) < 4.78 is 15.9. The van der Waals surface area contributed by atoms with Gasteiger partial charge in [-0.25, -0.2) is 9.37 Å². The minimum absolute atomic E-state index is 0.0456.